The molecule has 2 aromatic carbocycles. The Balaban J connectivity index is 2.14. The van der Waals surface area contributed by atoms with Crippen molar-refractivity contribution in [2.24, 2.45) is 0 Å². The van der Waals surface area contributed by atoms with E-state index in [-0.39, 0.29) is 84.4 Å². The summed E-state index contributed by atoms with van der Waals surface area (Å²) in [5.74, 6) is -3.05. The molecule has 0 bridgehead atoms. The first-order chi connectivity index (χ1) is 23.4. The van der Waals surface area contributed by atoms with E-state index in [9.17, 15) is 28.0 Å². The predicted molar refractivity (Wildman–Crippen MR) is 187 cm³/mol. The average Bonchev–Trinajstić information content (AvgIpc) is 3.02. The largest absolute Gasteiger partial charge is 0.489 e. The summed E-state index contributed by atoms with van der Waals surface area (Å²) in [6, 6.07) is 7.32. The van der Waals surface area contributed by atoms with Gasteiger partial charge >= 0.3 is 11.9 Å². The quantitative estimate of drug-likeness (QED) is 0.0891. The number of hydrogen-bond acceptors (Lipinski definition) is 10. The van der Waals surface area contributed by atoms with E-state index in [1.54, 1.807) is 0 Å². The van der Waals surface area contributed by atoms with Crippen LogP contribution in [0.25, 0.3) is 0 Å². The maximum Gasteiger partial charge on any atom is 0.331 e. The highest BCUT2D eigenvalue weighted by Gasteiger charge is 2.23. The number of Topliss-reactive ketones (excluding diaryl/α,β-unsaturated/α-hetero) is 2. The van der Waals surface area contributed by atoms with Gasteiger partial charge in [-0.05, 0) is 90.8 Å². The van der Waals surface area contributed by atoms with Crippen LogP contribution in [0.1, 0.15) is 102 Å². The summed E-state index contributed by atoms with van der Waals surface area (Å²) in [7, 11) is 0. The molecule has 0 fully saturated rings. The first-order valence-electron chi connectivity index (χ1n) is 16.9. The molecular weight excluding hydrogens is 650 g/mol. The molecule has 10 nitrogen and oxygen atoms in total. The van der Waals surface area contributed by atoms with Crippen molar-refractivity contribution in [3.8, 4) is 11.5 Å². The summed E-state index contributed by atoms with van der Waals surface area (Å²) in [5, 5.41) is 6.47. The molecule has 0 saturated carbocycles. The third-order valence-electron chi connectivity index (χ3n) is 6.93. The Kier molecular flexibility index (Phi) is 16.7. The molecule has 0 aliphatic carbocycles. The Morgan fingerprint density at radius 3 is 1.34 bits per heavy atom. The fraction of sp³-hybridized carbons (Fsp3) is 0.526. The monoisotopic (exact) mass is 702 g/mol. The van der Waals surface area contributed by atoms with Gasteiger partial charge in [0.1, 0.15) is 48.6 Å². The Morgan fingerprint density at radius 1 is 0.660 bits per heavy atom. The van der Waals surface area contributed by atoms with E-state index < -0.39 is 35.8 Å². The second-order valence-electron chi connectivity index (χ2n) is 14.0. The Bertz CT molecular complexity index is 1370. The van der Waals surface area contributed by atoms with Crippen LogP contribution in [0.3, 0.4) is 0 Å². The van der Waals surface area contributed by atoms with Gasteiger partial charge in [0.25, 0.3) is 0 Å². The zero-order valence-electron chi connectivity index (χ0n) is 30.5. The summed E-state index contributed by atoms with van der Waals surface area (Å²) in [5.41, 5.74) is -0.464. The fourth-order valence-corrected chi connectivity index (χ4v) is 4.43. The van der Waals surface area contributed by atoms with Crippen molar-refractivity contribution in [1.82, 2.24) is 10.6 Å². The number of carbonyl (C=O) groups excluding carboxylic acids is 4. The van der Waals surface area contributed by atoms with Crippen LogP contribution in [0, 0.1) is 11.6 Å². The molecule has 0 amide bonds. The Morgan fingerprint density at radius 2 is 1.02 bits per heavy atom. The molecule has 2 rings (SSSR count). The van der Waals surface area contributed by atoms with Crippen molar-refractivity contribution in [1.29, 1.82) is 0 Å². The van der Waals surface area contributed by atoms with Crippen molar-refractivity contribution >= 4 is 23.5 Å². The fourth-order valence-electron chi connectivity index (χ4n) is 4.43. The number of benzene rings is 2. The van der Waals surface area contributed by atoms with Gasteiger partial charge in [0.05, 0.1) is 11.1 Å². The average molecular weight is 703 g/mol. The van der Waals surface area contributed by atoms with E-state index in [2.05, 4.69) is 10.6 Å². The molecule has 2 aromatic rings. The lowest BCUT2D eigenvalue weighted by Gasteiger charge is -2.25. The van der Waals surface area contributed by atoms with Gasteiger partial charge in [0.2, 0.25) is 0 Å². The van der Waals surface area contributed by atoms with Gasteiger partial charge in [0, 0.05) is 49.2 Å². The van der Waals surface area contributed by atoms with Gasteiger partial charge < -0.3 is 29.6 Å². The third kappa shape index (κ3) is 16.0. The smallest absolute Gasteiger partial charge is 0.331 e. The van der Waals surface area contributed by atoms with E-state index in [1.165, 1.54) is 24.3 Å². The highest BCUT2D eigenvalue weighted by molar-refractivity contribution is 5.99. The van der Waals surface area contributed by atoms with Gasteiger partial charge in [-0.15, -0.1) is 0 Å². The van der Waals surface area contributed by atoms with Gasteiger partial charge in [-0.3, -0.25) is 9.59 Å². The summed E-state index contributed by atoms with van der Waals surface area (Å²) >= 11 is 0. The van der Waals surface area contributed by atoms with Crippen LogP contribution in [0.2, 0.25) is 0 Å². The molecule has 0 aliphatic rings. The van der Waals surface area contributed by atoms with Crippen LogP contribution in [0.5, 0.6) is 11.5 Å². The van der Waals surface area contributed by atoms with Crippen molar-refractivity contribution in [2.75, 3.05) is 26.3 Å². The number of ketones is 2. The summed E-state index contributed by atoms with van der Waals surface area (Å²) in [4.78, 5) is 50.8. The van der Waals surface area contributed by atoms with E-state index in [0.29, 0.717) is 12.8 Å². The number of rotatable bonds is 20. The molecule has 2 unspecified atom stereocenters. The lowest BCUT2D eigenvalue weighted by Crippen LogP contribution is -2.44. The van der Waals surface area contributed by atoms with E-state index in [0.717, 1.165) is 24.3 Å². The lowest BCUT2D eigenvalue weighted by molar-refractivity contribution is -0.147. The van der Waals surface area contributed by atoms with Crippen LogP contribution in [-0.2, 0) is 19.1 Å². The number of halogens is 2. The molecule has 2 atom stereocenters. The molecule has 0 aliphatic heterocycles. The van der Waals surface area contributed by atoms with Crippen molar-refractivity contribution < 1.29 is 46.9 Å². The number of hydrogen-bond donors (Lipinski definition) is 2. The van der Waals surface area contributed by atoms with Crippen molar-refractivity contribution in [3.05, 3.63) is 71.3 Å². The number of nitrogens with one attached hydrogen (secondary N) is 2. The Labute approximate surface area is 294 Å². The first-order valence-corrected chi connectivity index (χ1v) is 16.9. The number of carbonyl (C=O) groups is 4. The van der Waals surface area contributed by atoms with Crippen LogP contribution in [0.4, 0.5) is 8.78 Å². The molecule has 0 aromatic heterocycles. The molecule has 0 radical (unpaired) electrons. The third-order valence-corrected chi connectivity index (χ3v) is 6.93. The molecule has 0 saturated heterocycles. The lowest BCUT2D eigenvalue weighted by atomic mass is 10.1. The molecule has 0 heterocycles. The maximum absolute atomic E-state index is 13.9. The molecule has 2 N–H and O–H groups in total. The highest BCUT2D eigenvalue weighted by Crippen LogP contribution is 2.24. The second kappa shape index (κ2) is 19.9. The minimum atomic E-state index is -0.848. The normalized spacial score (nSPS) is 13.1. The number of ether oxygens (including phenoxy) is 4. The SMILES string of the molecule is CCCC(=O)c1cc(F)ccc1OCC(CNC(C)(C)C)OC(=O)/C=C\C(=O)OC(CNC(C)(C)C)COc1ccc(F)cc1C(=O)CCC. The van der Waals surface area contributed by atoms with Gasteiger partial charge in [-0.1, -0.05) is 13.8 Å². The topological polar surface area (TPSA) is 129 Å². The summed E-state index contributed by atoms with van der Waals surface area (Å²) in [6.45, 7) is 15.3. The second-order valence-corrected chi connectivity index (χ2v) is 14.0. The van der Waals surface area contributed by atoms with Gasteiger partial charge in [0.15, 0.2) is 11.6 Å². The molecule has 0 spiro atoms. The van der Waals surface area contributed by atoms with Gasteiger partial charge in [-0.25, -0.2) is 18.4 Å². The molecular formula is C38H52F2N2O8. The first kappa shape index (κ1) is 42.0. The molecule has 12 heteroatoms. The standard InChI is InChI=1S/C38H52F2N2O8/c1-9-11-31(43)29-19-25(39)13-15-33(29)47-23-27(21-41-37(3,4)5)49-35(45)17-18-36(46)50-28(22-42-38(6,7)8)24-48-34-16-14-26(40)20-30(34)32(44)12-10-2/h13-20,27-28,41-42H,9-12,21-24H2,1-8H3/b18-17-. The van der Waals surface area contributed by atoms with Crippen LogP contribution in [0.15, 0.2) is 48.6 Å². The van der Waals surface area contributed by atoms with Crippen molar-refractivity contribution in [2.45, 2.75) is 104 Å². The minimum Gasteiger partial charge on any atom is -0.489 e. The van der Waals surface area contributed by atoms with Crippen molar-refractivity contribution in [3.63, 3.8) is 0 Å². The molecule has 276 valence electrons. The minimum absolute atomic E-state index is 0.103. The molecule has 50 heavy (non-hydrogen) atoms. The van der Waals surface area contributed by atoms with Crippen LogP contribution < -0.4 is 20.1 Å². The van der Waals surface area contributed by atoms with Gasteiger partial charge in [-0.2, -0.15) is 0 Å². The summed E-state index contributed by atoms with van der Waals surface area (Å²) < 4.78 is 50.7. The van der Waals surface area contributed by atoms with Crippen LogP contribution in [-0.4, -0.2) is 73.1 Å². The summed E-state index contributed by atoms with van der Waals surface area (Å²) in [6.07, 6.45) is 1.75. The number of esters is 2. The van der Waals surface area contributed by atoms with Crippen LogP contribution >= 0.6 is 0 Å². The predicted octanol–water partition coefficient (Wildman–Crippen LogP) is 6.54. The van der Waals surface area contributed by atoms with E-state index in [4.69, 9.17) is 18.9 Å². The Hall–Kier alpha value is -4.16. The zero-order chi connectivity index (χ0) is 37.5. The van der Waals surface area contributed by atoms with E-state index >= 15 is 0 Å². The highest BCUT2D eigenvalue weighted by atomic mass is 19.1. The zero-order valence-corrected chi connectivity index (χ0v) is 30.5. The maximum atomic E-state index is 13.9. The van der Waals surface area contributed by atoms with E-state index in [1.807, 2.05) is 55.4 Å².